The molecule has 0 atom stereocenters. The van der Waals surface area contributed by atoms with Crippen LogP contribution in [0.25, 0.3) is 76.2 Å². The van der Waals surface area contributed by atoms with Crippen LogP contribution in [0.15, 0.2) is 140 Å². The lowest BCUT2D eigenvalue weighted by atomic mass is 9.97. The predicted molar refractivity (Wildman–Crippen MR) is 193 cm³/mol. The van der Waals surface area contributed by atoms with Crippen LogP contribution in [-0.2, 0) is 0 Å². The molecule has 3 nitrogen and oxygen atoms in total. The van der Waals surface area contributed by atoms with Crippen LogP contribution in [0.2, 0.25) is 0 Å². The first-order valence-electron chi connectivity index (χ1n) is 15.4. The third-order valence-corrected chi connectivity index (χ3v) is 9.79. The summed E-state index contributed by atoms with van der Waals surface area (Å²) in [5, 5.41) is 13.6. The molecule has 0 saturated carbocycles. The van der Waals surface area contributed by atoms with Gasteiger partial charge >= 0.3 is 0 Å². The lowest BCUT2D eigenvalue weighted by Gasteiger charge is -2.13. The van der Waals surface area contributed by atoms with E-state index in [2.05, 4.69) is 110 Å². The van der Waals surface area contributed by atoms with Crippen molar-refractivity contribution in [2.45, 2.75) is 13.8 Å². The van der Waals surface area contributed by atoms with E-state index in [1.54, 1.807) is 0 Å². The highest BCUT2D eigenvalue weighted by molar-refractivity contribution is 7.26. The molecule has 8 aromatic rings. The van der Waals surface area contributed by atoms with E-state index in [0.29, 0.717) is 0 Å². The number of pyridine rings is 2. The molecule has 220 valence electrons. The maximum Gasteiger partial charge on any atom is 0.127 e. The standard InChI is InChI=1S/C42H30N2OS/c1-26-11-8-19-36(41(26)45)39-24-31(28-12-4-3-5-13-28)23-38(44-39)30-15-9-14-29(22-30)37-25-32(21-27(2)43-37)33-17-10-18-35-34-16-6-7-20-40(34)46-42(33)35/h3-25,45H,1-2H3. The highest BCUT2D eigenvalue weighted by Gasteiger charge is 2.15. The second kappa shape index (κ2) is 11.4. The fourth-order valence-corrected chi connectivity index (χ4v) is 7.50. The Bertz CT molecular complexity index is 2410. The molecule has 0 bridgehead atoms. The van der Waals surface area contributed by atoms with Gasteiger partial charge in [0.2, 0.25) is 0 Å². The van der Waals surface area contributed by atoms with Crippen molar-refractivity contribution in [1.82, 2.24) is 9.97 Å². The van der Waals surface area contributed by atoms with Gasteiger partial charge in [0.15, 0.2) is 0 Å². The Morgan fingerprint density at radius 1 is 0.478 bits per heavy atom. The van der Waals surface area contributed by atoms with Gasteiger partial charge in [0.05, 0.1) is 17.1 Å². The van der Waals surface area contributed by atoms with Gasteiger partial charge in [0.25, 0.3) is 0 Å². The fourth-order valence-electron chi connectivity index (χ4n) is 6.26. The molecule has 4 heteroatoms. The summed E-state index contributed by atoms with van der Waals surface area (Å²) < 4.78 is 2.59. The Morgan fingerprint density at radius 2 is 1.11 bits per heavy atom. The van der Waals surface area contributed by atoms with Crippen LogP contribution in [0.1, 0.15) is 11.3 Å². The normalized spacial score (nSPS) is 11.3. The van der Waals surface area contributed by atoms with Gasteiger partial charge in [0.1, 0.15) is 5.75 Å². The molecule has 3 heterocycles. The molecule has 8 rings (SSSR count). The largest absolute Gasteiger partial charge is 0.507 e. The van der Waals surface area contributed by atoms with E-state index in [1.807, 2.05) is 54.7 Å². The third kappa shape index (κ3) is 5.03. The monoisotopic (exact) mass is 610 g/mol. The molecule has 5 aromatic carbocycles. The minimum Gasteiger partial charge on any atom is -0.507 e. The molecule has 0 aliphatic heterocycles. The zero-order valence-electron chi connectivity index (χ0n) is 25.5. The number of aromatic hydroxyl groups is 1. The van der Waals surface area contributed by atoms with E-state index < -0.39 is 0 Å². The van der Waals surface area contributed by atoms with Crippen LogP contribution < -0.4 is 0 Å². The minimum absolute atomic E-state index is 0.255. The van der Waals surface area contributed by atoms with Crippen LogP contribution in [0.5, 0.6) is 5.75 Å². The first kappa shape index (κ1) is 27.9. The Labute approximate surface area is 272 Å². The number of phenols is 1. The number of hydrogen-bond acceptors (Lipinski definition) is 4. The van der Waals surface area contributed by atoms with Gasteiger partial charge in [-0.3, -0.25) is 4.98 Å². The quantitative estimate of drug-likeness (QED) is 0.211. The predicted octanol–water partition coefficient (Wildman–Crippen LogP) is 11.5. The zero-order valence-corrected chi connectivity index (χ0v) is 26.3. The molecular formula is C42H30N2OS. The number of aromatic nitrogens is 2. The number of hydrogen-bond donors (Lipinski definition) is 1. The van der Waals surface area contributed by atoms with Crippen molar-refractivity contribution >= 4 is 31.5 Å². The average molecular weight is 611 g/mol. The zero-order chi connectivity index (χ0) is 31.2. The molecule has 46 heavy (non-hydrogen) atoms. The van der Waals surface area contributed by atoms with Gasteiger partial charge in [-0.05, 0) is 84.1 Å². The Hall–Kier alpha value is -5.58. The molecular weight excluding hydrogens is 581 g/mol. The summed E-state index contributed by atoms with van der Waals surface area (Å²) in [7, 11) is 0. The first-order valence-corrected chi connectivity index (χ1v) is 16.2. The van der Waals surface area contributed by atoms with Crippen LogP contribution >= 0.6 is 11.3 Å². The Kier molecular flexibility index (Phi) is 6.93. The SMILES string of the molecule is Cc1cc(-c2cccc3c2sc2ccccc23)cc(-c2cccc(-c3cc(-c4ccccc4)cc(-c4cccc(C)c4O)n3)c2)n1. The molecule has 0 amide bonds. The van der Waals surface area contributed by atoms with Gasteiger partial charge in [-0.2, -0.15) is 0 Å². The van der Waals surface area contributed by atoms with Crippen molar-refractivity contribution in [1.29, 1.82) is 0 Å². The highest BCUT2D eigenvalue weighted by atomic mass is 32.1. The summed E-state index contributed by atoms with van der Waals surface area (Å²) in [6, 6.07) is 48.3. The first-order chi connectivity index (χ1) is 22.5. The van der Waals surface area contributed by atoms with E-state index in [0.717, 1.165) is 61.7 Å². The molecule has 0 unspecified atom stereocenters. The maximum atomic E-state index is 11.0. The van der Waals surface area contributed by atoms with Crippen molar-refractivity contribution in [3.63, 3.8) is 0 Å². The molecule has 0 aliphatic rings. The molecule has 0 saturated heterocycles. The van der Waals surface area contributed by atoms with Crippen molar-refractivity contribution in [2.75, 3.05) is 0 Å². The number of phenolic OH excluding ortho intramolecular Hbond substituents is 1. The maximum absolute atomic E-state index is 11.0. The summed E-state index contributed by atoms with van der Waals surface area (Å²) in [6.45, 7) is 3.97. The second-order valence-corrected chi connectivity index (χ2v) is 12.8. The summed E-state index contributed by atoms with van der Waals surface area (Å²) in [5.41, 5.74) is 11.5. The lowest BCUT2D eigenvalue weighted by molar-refractivity contribution is 0.473. The topological polar surface area (TPSA) is 46.0 Å². The molecule has 0 aliphatic carbocycles. The molecule has 0 fully saturated rings. The number of aryl methyl sites for hydroxylation is 2. The number of benzene rings is 5. The van der Waals surface area contributed by atoms with Gasteiger partial charge in [0, 0.05) is 42.6 Å². The smallest absolute Gasteiger partial charge is 0.127 e. The van der Waals surface area contributed by atoms with E-state index in [4.69, 9.17) is 9.97 Å². The average Bonchev–Trinajstić information content (AvgIpc) is 3.48. The third-order valence-electron chi connectivity index (χ3n) is 8.57. The van der Waals surface area contributed by atoms with Gasteiger partial charge in [-0.15, -0.1) is 11.3 Å². The van der Waals surface area contributed by atoms with E-state index >= 15 is 0 Å². The summed E-state index contributed by atoms with van der Waals surface area (Å²) in [5.74, 6) is 0.255. The van der Waals surface area contributed by atoms with Crippen molar-refractivity contribution in [3.8, 4) is 61.8 Å². The molecule has 1 N–H and O–H groups in total. The number of fused-ring (bicyclic) bond motifs is 3. The number of thiophene rings is 1. The van der Waals surface area contributed by atoms with E-state index in [1.165, 1.54) is 25.7 Å². The van der Waals surface area contributed by atoms with Crippen molar-refractivity contribution < 1.29 is 5.11 Å². The van der Waals surface area contributed by atoms with Crippen molar-refractivity contribution in [2.24, 2.45) is 0 Å². The second-order valence-electron chi connectivity index (χ2n) is 11.7. The van der Waals surface area contributed by atoms with Gasteiger partial charge < -0.3 is 5.11 Å². The van der Waals surface area contributed by atoms with Gasteiger partial charge in [-0.1, -0.05) is 97.1 Å². The molecule has 0 spiro atoms. The van der Waals surface area contributed by atoms with Gasteiger partial charge in [-0.25, -0.2) is 4.98 Å². The summed E-state index contributed by atoms with van der Waals surface area (Å²) in [6.07, 6.45) is 0. The number of para-hydroxylation sites is 1. The van der Waals surface area contributed by atoms with Crippen LogP contribution in [-0.4, -0.2) is 15.1 Å². The Morgan fingerprint density at radius 3 is 1.96 bits per heavy atom. The van der Waals surface area contributed by atoms with Crippen LogP contribution in [0.3, 0.4) is 0 Å². The fraction of sp³-hybridized carbons (Fsp3) is 0.0476. The van der Waals surface area contributed by atoms with E-state index in [-0.39, 0.29) is 5.75 Å². The minimum atomic E-state index is 0.255. The van der Waals surface area contributed by atoms with Crippen LogP contribution in [0, 0.1) is 13.8 Å². The van der Waals surface area contributed by atoms with Crippen molar-refractivity contribution in [3.05, 3.63) is 151 Å². The number of rotatable bonds is 5. The molecule has 0 radical (unpaired) electrons. The molecule has 3 aromatic heterocycles. The van der Waals surface area contributed by atoms with Crippen LogP contribution in [0.4, 0.5) is 0 Å². The summed E-state index contributed by atoms with van der Waals surface area (Å²) >= 11 is 1.84. The highest BCUT2D eigenvalue weighted by Crippen LogP contribution is 2.41. The van der Waals surface area contributed by atoms with E-state index in [9.17, 15) is 5.11 Å². The Balaban J connectivity index is 1.25. The number of nitrogens with zero attached hydrogens (tertiary/aromatic N) is 2. The summed E-state index contributed by atoms with van der Waals surface area (Å²) in [4.78, 5) is 10.1. The lowest BCUT2D eigenvalue weighted by Crippen LogP contribution is -1.94.